The van der Waals surface area contributed by atoms with E-state index in [2.05, 4.69) is 15.3 Å². The molecule has 0 amide bonds. The molecule has 0 atom stereocenters. The van der Waals surface area contributed by atoms with Gasteiger partial charge in [0.15, 0.2) is 0 Å². The summed E-state index contributed by atoms with van der Waals surface area (Å²) in [6, 6.07) is 0. The van der Waals surface area contributed by atoms with Crippen LogP contribution in [0.15, 0.2) is 0 Å². The van der Waals surface area contributed by atoms with Crippen molar-refractivity contribution in [2.45, 2.75) is 46.6 Å². The van der Waals surface area contributed by atoms with Gasteiger partial charge in [0.1, 0.15) is 17.2 Å². The maximum absolute atomic E-state index is 5.83. The molecule has 0 aromatic carbocycles. The van der Waals surface area contributed by atoms with Gasteiger partial charge in [-0.25, -0.2) is 4.98 Å². The Morgan fingerprint density at radius 1 is 1.25 bits per heavy atom. The Kier molecular flexibility index (Phi) is 3.73. The van der Waals surface area contributed by atoms with Gasteiger partial charge in [-0.05, 0) is 27.7 Å². The third-order valence-corrected chi connectivity index (χ3v) is 2.10. The quantitative estimate of drug-likeness (QED) is 0.855. The summed E-state index contributed by atoms with van der Waals surface area (Å²) in [7, 11) is 1.86. The Morgan fingerprint density at radius 3 is 2.31 bits per heavy atom. The number of hydrogen-bond acceptors (Lipinski definition) is 4. The van der Waals surface area contributed by atoms with Crippen molar-refractivity contribution in [2.24, 2.45) is 0 Å². The van der Waals surface area contributed by atoms with Crippen molar-refractivity contribution in [3.8, 4) is 5.88 Å². The first-order valence-corrected chi connectivity index (χ1v) is 5.61. The maximum Gasteiger partial charge on any atom is 0.222 e. The summed E-state index contributed by atoms with van der Waals surface area (Å²) in [6.07, 6.45) is 0.801. The van der Waals surface area contributed by atoms with Gasteiger partial charge in [-0.3, -0.25) is 0 Å². The van der Waals surface area contributed by atoms with Gasteiger partial charge in [0.25, 0.3) is 0 Å². The fraction of sp³-hybridized carbons (Fsp3) is 0.667. The summed E-state index contributed by atoms with van der Waals surface area (Å²) in [5.74, 6) is 2.31. The van der Waals surface area contributed by atoms with E-state index in [9.17, 15) is 0 Å². The molecule has 0 aliphatic rings. The van der Waals surface area contributed by atoms with Gasteiger partial charge in [0.05, 0.1) is 5.56 Å². The van der Waals surface area contributed by atoms with Crippen LogP contribution in [0.5, 0.6) is 5.88 Å². The van der Waals surface area contributed by atoms with Gasteiger partial charge in [-0.1, -0.05) is 6.92 Å². The molecule has 0 saturated carbocycles. The van der Waals surface area contributed by atoms with Crippen LogP contribution in [0.3, 0.4) is 0 Å². The van der Waals surface area contributed by atoms with Crippen molar-refractivity contribution in [3.63, 3.8) is 0 Å². The first kappa shape index (κ1) is 12.7. The second kappa shape index (κ2) is 4.68. The molecule has 4 nitrogen and oxygen atoms in total. The van der Waals surface area contributed by atoms with Crippen LogP contribution in [0, 0.1) is 6.92 Å². The van der Waals surface area contributed by atoms with Crippen molar-refractivity contribution in [1.29, 1.82) is 0 Å². The van der Waals surface area contributed by atoms with Gasteiger partial charge < -0.3 is 10.1 Å². The lowest BCUT2D eigenvalue weighted by Crippen LogP contribution is -2.24. The van der Waals surface area contributed by atoms with Crippen molar-refractivity contribution in [1.82, 2.24) is 9.97 Å². The molecule has 90 valence electrons. The highest BCUT2D eigenvalue weighted by Gasteiger charge is 2.17. The molecule has 0 bridgehead atoms. The van der Waals surface area contributed by atoms with E-state index in [1.54, 1.807) is 0 Å². The standard InChI is InChI=1S/C12H21N3O/c1-7-9-14-10(13-6)8(2)11(15-9)16-12(3,4)5/h7H2,1-6H3,(H,13,14,15). The van der Waals surface area contributed by atoms with Gasteiger partial charge >= 0.3 is 0 Å². The SMILES string of the molecule is CCc1nc(NC)c(C)c(OC(C)(C)C)n1. The van der Waals surface area contributed by atoms with Crippen molar-refractivity contribution < 1.29 is 4.74 Å². The molecule has 0 aliphatic carbocycles. The summed E-state index contributed by atoms with van der Waals surface area (Å²) >= 11 is 0. The second-order valence-corrected chi connectivity index (χ2v) is 4.74. The maximum atomic E-state index is 5.83. The normalized spacial score (nSPS) is 11.4. The molecule has 0 aliphatic heterocycles. The highest BCUT2D eigenvalue weighted by molar-refractivity contribution is 5.48. The summed E-state index contributed by atoms with van der Waals surface area (Å²) in [5, 5.41) is 3.07. The molecule has 4 heteroatoms. The van der Waals surface area contributed by atoms with Crippen LogP contribution in [-0.2, 0) is 6.42 Å². The van der Waals surface area contributed by atoms with Crippen LogP contribution in [0.1, 0.15) is 39.1 Å². The molecule has 0 fully saturated rings. The minimum Gasteiger partial charge on any atom is -0.472 e. The molecular formula is C12H21N3O. The number of nitrogens with zero attached hydrogens (tertiary/aromatic N) is 2. The molecule has 1 heterocycles. The highest BCUT2D eigenvalue weighted by Crippen LogP contribution is 2.25. The Balaban J connectivity index is 3.16. The van der Waals surface area contributed by atoms with E-state index in [4.69, 9.17) is 4.74 Å². The van der Waals surface area contributed by atoms with Gasteiger partial charge in [-0.15, -0.1) is 0 Å². The lowest BCUT2D eigenvalue weighted by molar-refractivity contribution is 0.122. The Morgan fingerprint density at radius 2 is 1.88 bits per heavy atom. The number of aryl methyl sites for hydroxylation is 1. The summed E-state index contributed by atoms with van der Waals surface area (Å²) in [5.41, 5.74) is 0.712. The molecule has 1 N–H and O–H groups in total. The van der Waals surface area contributed by atoms with Crippen molar-refractivity contribution in [2.75, 3.05) is 12.4 Å². The van der Waals surface area contributed by atoms with Crippen LogP contribution in [0.4, 0.5) is 5.82 Å². The van der Waals surface area contributed by atoms with E-state index in [0.29, 0.717) is 5.88 Å². The molecule has 0 saturated heterocycles. The lowest BCUT2D eigenvalue weighted by Gasteiger charge is -2.22. The number of rotatable bonds is 3. The first-order chi connectivity index (χ1) is 7.37. The average Bonchev–Trinajstić information content (AvgIpc) is 2.19. The van der Waals surface area contributed by atoms with Crippen LogP contribution < -0.4 is 10.1 Å². The topological polar surface area (TPSA) is 47.0 Å². The predicted octanol–water partition coefficient (Wildman–Crippen LogP) is 2.57. The number of hydrogen-bond donors (Lipinski definition) is 1. The fourth-order valence-electron chi connectivity index (χ4n) is 1.33. The smallest absolute Gasteiger partial charge is 0.222 e. The van der Waals surface area contributed by atoms with Crippen molar-refractivity contribution >= 4 is 5.82 Å². The average molecular weight is 223 g/mol. The zero-order valence-electron chi connectivity index (χ0n) is 11.0. The molecule has 16 heavy (non-hydrogen) atoms. The number of anilines is 1. The Bertz CT molecular complexity index is 369. The zero-order valence-corrected chi connectivity index (χ0v) is 11.0. The number of ether oxygens (including phenoxy) is 1. The predicted molar refractivity (Wildman–Crippen MR) is 66.1 cm³/mol. The van der Waals surface area contributed by atoms with Crippen LogP contribution in [-0.4, -0.2) is 22.6 Å². The van der Waals surface area contributed by atoms with Crippen LogP contribution >= 0.6 is 0 Å². The largest absolute Gasteiger partial charge is 0.472 e. The van der Waals surface area contributed by atoms with E-state index in [1.165, 1.54) is 0 Å². The Hall–Kier alpha value is -1.32. The molecule has 0 unspecified atom stereocenters. The number of nitrogens with one attached hydrogen (secondary N) is 1. The van der Waals surface area contributed by atoms with E-state index >= 15 is 0 Å². The van der Waals surface area contributed by atoms with Gasteiger partial charge in [-0.2, -0.15) is 4.98 Å². The van der Waals surface area contributed by atoms with Crippen molar-refractivity contribution in [3.05, 3.63) is 11.4 Å². The first-order valence-electron chi connectivity index (χ1n) is 5.61. The lowest BCUT2D eigenvalue weighted by atomic mass is 10.2. The molecule has 1 rings (SSSR count). The third kappa shape index (κ3) is 3.08. The van der Waals surface area contributed by atoms with Gasteiger partial charge in [0.2, 0.25) is 5.88 Å². The summed E-state index contributed by atoms with van der Waals surface area (Å²) in [4.78, 5) is 8.81. The third-order valence-electron chi connectivity index (χ3n) is 2.10. The van der Waals surface area contributed by atoms with Crippen LogP contribution in [0.25, 0.3) is 0 Å². The van der Waals surface area contributed by atoms with E-state index in [0.717, 1.165) is 23.6 Å². The van der Waals surface area contributed by atoms with Gasteiger partial charge in [0, 0.05) is 13.5 Å². The monoisotopic (exact) mass is 223 g/mol. The van der Waals surface area contributed by atoms with E-state index in [1.807, 2.05) is 41.7 Å². The highest BCUT2D eigenvalue weighted by atomic mass is 16.5. The zero-order chi connectivity index (χ0) is 12.3. The molecule has 0 spiro atoms. The summed E-state index contributed by atoms with van der Waals surface area (Å²) in [6.45, 7) is 10.0. The number of aromatic nitrogens is 2. The van der Waals surface area contributed by atoms with E-state index < -0.39 is 0 Å². The molecular weight excluding hydrogens is 202 g/mol. The summed E-state index contributed by atoms with van der Waals surface area (Å²) < 4.78 is 5.83. The molecule has 1 aromatic rings. The van der Waals surface area contributed by atoms with Crippen LogP contribution in [0.2, 0.25) is 0 Å². The minimum atomic E-state index is -0.241. The molecule has 0 radical (unpaired) electrons. The fourth-order valence-corrected chi connectivity index (χ4v) is 1.33. The minimum absolute atomic E-state index is 0.241. The van der Waals surface area contributed by atoms with E-state index in [-0.39, 0.29) is 5.60 Å². The molecule has 1 aromatic heterocycles. The second-order valence-electron chi connectivity index (χ2n) is 4.74. The Labute approximate surface area is 97.5 Å².